The van der Waals surface area contributed by atoms with E-state index < -0.39 is 6.09 Å². The average Bonchev–Trinajstić information content (AvgIpc) is 2.09. The van der Waals surface area contributed by atoms with Gasteiger partial charge in [-0.3, -0.25) is 5.32 Å². The summed E-state index contributed by atoms with van der Waals surface area (Å²) in [5.74, 6) is 0.509. The molecule has 0 aliphatic carbocycles. The lowest BCUT2D eigenvalue weighted by Gasteiger charge is -2.05. The minimum atomic E-state index is -0.516. The number of methoxy groups -OCH3 is 1. The highest BCUT2D eigenvalue weighted by atomic mass is 79.9. The first kappa shape index (κ1) is 9.98. The predicted molar refractivity (Wildman–Crippen MR) is 52.7 cm³/mol. The molecule has 1 rings (SSSR count). The van der Waals surface area contributed by atoms with E-state index in [4.69, 9.17) is 0 Å². The van der Waals surface area contributed by atoms with Crippen molar-refractivity contribution in [2.75, 3.05) is 12.4 Å². The number of nitrogens with one attached hydrogen (secondary N) is 1. The largest absolute Gasteiger partial charge is 0.453 e. The molecule has 70 valence electrons. The van der Waals surface area contributed by atoms with Crippen LogP contribution in [0.4, 0.5) is 10.6 Å². The molecule has 0 aliphatic rings. The second kappa shape index (κ2) is 4.23. The first-order valence-electron chi connectivity index (χ1n) is 3.60. The Balaban J connectivity index is 2.83. The van der Waals surface area contributed by atoms with Crippen LogP contribution in [0.3, 0.4) is 0 Å². The maximum atomic E-state index is 10.8. The van der Waals surface area contributed by atoms with E-state index in [9.17, 15) is 4.79 Å². The number of pyridine rings is 1. The number of ether oxygens (including phenoxy) is 1. The maximum absolute atomic E-state index is 10.8. The lowest BCUT2D eigenvalue weighted by Crippen LogP contribution is -2.13. The molecule has 1 amide bonds. The third-order valence-corrected chi connectivity index (χ3v) is 1.88. The van der Waals surface area contributed by atoms with Crippen molar-refractivity contribution in [2.45, 2.75) is 6.92 Å². The van der Waals surface area contributed by atoms with Gasteiger partial charge in [-0.2, -0.15) is 0 Å². The van der Waals surface area contributed by atoms with Crippen LogP contribution in [0.1, 0.15) is 5.56 Å². The third kappa shape index (κ3) is 2.69. The number of halogens is 1. The molecule has 5 heteroatoms. The Morgan fingerprint density at radius 3 is 2.92 bits per heavy atom. The van der Waals surface area contributed by atoms with Gasteiger partial charge in [0, 0.05) is 10.7 Å². The van der Waals surface area contributed by atoms with Crippen LogP contribution in [0.15, 0.2) is 16.7 Å². The number of anilines is 1. The zero-order chi connectivity index (χ0) is 9.84. The topological polar surface area (TPSA) is 51.2 Å². The molecular weight excluding hydrogens is 236 g/mol. The van der Waals surface area contributed by atoms with Crippen LogP contribution in [0.2, 0.25) is 0 Å². The van der Waals surface area contributed by atoms with E-state index in [1.54, 1.807) is 6.20 Å². The molecule has 0 aliphatic heterocycles. The monoisotopic (exact) mass is 244 g/mol. The van der Waals surface area contributed by atoms with Crippen molar-refractivity contribution in [1.29, 1.82) is 0 Å². The van der Waals surface area contributed by atoms with Gasteiger partial charge in [-0.25, -0.2) is 9.78 Å². The molecule has 4 nitrogen and oxygen atoms in total. The van der Waals surface area contributed by atoms with Gasteiger partial charge in [0.15, 0.2) is 0 Å². The summed E-state index contributed by atoms with van der Waals surface area (Å²) in [5.41, 5.74) is 0.875. The van der Waals surface area contributed by atoms with Crippen LogP contribution in [-0.4, -0.2) is 18.2 Å². The van der Waals surface area contributed by atoms with Crippen LogP contribution in [-0.2, 0) is 4.74 Å². The number of aromatic nitrogens is 1. The normalized spacial score (nSPS) is 9.46. The van der Waals surface area contributed by atoms with Crippen molar-refractivity contribution < 1.29 is 9.53 Å². The molecule has 0 saturated carbocycles. The summed E-state index contributed by atoms with van der Waals surface area (Å²) < 4.78 is 5.31. The maximum Gasteiger partial charge on any atom is 0.412 e. The zero-order valence-electron chi connectivity index (χ0n) is 7.30. The number of nitrogens with zero attached hydrogens (tertiary/aromatic N) is 1. The minimum absolute atomic E-state index is 0.509. The Morgan fingerprint density at radius 1 is 1.69 bits per heavy atom. The minimum Gasteiger partial charge on any atom is -0.453 e. The highest BCUT2D eigenvalue weighted by molar-refractivity contribution is 9.10. The predicted octanol–water partition coefficient (Wildman–Crippen LogP) is 2.33. The summed E-state index contributed by atoms with van der Waals surface area (Å²) in [4.78, 5) is 14.8. The summed E-state index contributed by atoms with van der Waals surface area (Å²) in [7, 11) is 1.31. The quantitative estimate of drug-likeness (QED) is 0.825. The van der Waals surface area contributed by atoms with Gasteiger partial charge in [0.25, 0.3) is 0 Å². The molecule has 13 heavy (non-hydrogen) atoms. The number of rotatable bonds is 1. The summed E-state index contributed by atoms with van der Waals surface area (Å²) in [6.07, 6.45) is 1.09. The Hall–Kier alpha value is -1.10. The molecule has 1 aromatic rings. The van der Waals surface area contributed by atoms with Crippen LogP contribution in [0.25, 0.3) is 0 Å². The number of amides is 1. The molecule has 0 fully saturated rings. The molecule has 0 unspecified atom stereocenters. The van der Waals surface area contributed by atoms with Gasteiger partial charge in [-0.1, -0.05) is 0 Å². The summed E-state index contributed by atoms with van der Waals surface area (Å²) in [5, 5.41) is 2.49. The van der Waals surface area contributed by atoms with Crippen molar-refractivity contribution in [3.8, 4) is 0 Å². The molecule has 0 atom stereocenters. The fraction of sp³-hybridized carbons (Fsp3) is 0.250. The highest BCUT2D eigenvalue weighted by Gasteiger charge is 2.04. The first-order chi connectivity index (χ1) is 6.13. The molecule has 1 N–H and O–H groups in total. The summed E-state index contributed by atoms with van der Waals surface area (Å²) in [6.45, 7) is 1.85. The fourth-order valence-corrected chi connectivity index (χ4v) is 1.26. The Bertz CT molecular complexity index is 328. The molecule has 0 spiro atoms. The second-order valence-corrected chi connectivity index (χ2v) is 3.35. The Morgan fingerprint density at radius 2 is 2.38 bits per heavy atom. The lowest BCUT2D eigenvalue weighted by atomic mass is 10.3. The Kier molecular flexibility index (Phi) is 3.25. The van der Waals surface area contributed by atoms with Gasteiger partial charge in [0.05, 0.1) is 7.11 Å². The second-order valence-electron chi connectivity index (χ2n) is 2.44. The van der Waals surface area contributed by atoms with Crippen LogP contribution >= 0.6 is 15.9 Å². The molecule has 1 aromatic heterocycles. The standard InChI is InChI=1S/C8H9BrN2O2/c1-5-3-6(9)4-10-7(5)11-8(12)13-2/h3-4H,1-2H3,(H,10,11,12). The van der Waals surface area contributed by atoms with Crippen LogP contribution in [0, 0.1) is 6.92 Å². The SMILES string of the molecule is COC(=O)Nc1ncc(Br)cc1C. The van der Waals surface area contributed by atoms with Gasteiger partial charge in [0.2, 0.25) is 0 Å². The van der Waals surface area contributed by atoms with Gasteiger partial charge in [0.1, 0.15) is 5.82 Å². The van der Waals surface area contributed by atoms with Crippen molar-refractivity contribution in [1.82, 2.24) is 4.98 Å². The van der Waals surface area contributed by atoms with Gasteiger partial charge in [-0.15, -0.1) is 0 Å². The molecule has 0 bridgehead atoms. The smallest absolute Gasteiger partial charge is 0.412 e. The van der Waals surface area contributed by atoms with E-state index >= 15 is 0 Å². The van der Waals surface area contributed by atoms with Crippen LogP contribution in [0.5, 0.6) is 0 Å². The molecule has 0 saturated heterocycles. The number of hydrogen-bond donors (Lipinski definition) is 1. The van der Waals surface area contributed by atoms with Gasteiger partial charge >= 0.3 is 6.09 Å². The van der Waals surface area contributed by atoms with E-state index in [-0.39, 0.29) is 0 Å². The van der Waals surface area contributed by atoms with E-state index in [2.05, 4.69) is 31.0 Å². The number of carbonyl (C=O) groups is 1. The van der Waals surface area contributed by atoms with E-state index in [0.29, 0.717) is 5.82 Å². The lowest BCUT2D eigenvalue weighted by molar-refractivity contribution is 0.187. The van der Waals surface area contributed by atoms with Crippen molar-refractivity contribution in [3.63, 3.8) is 0 Å². The van der Waals surface area contributed by atoms with E-state index in [1.807, 2.05) is 13.0 Å². The number of aryl methyl sites for hydroxylation is 1. The summed E-state index contributed by atoms with van der Waals surface area (Å²) >= 11 is 3.27. The van der Waals surface area contributed by atoms with E-state index in [1.165, 1.54) is 7.11 Å². The zero-order valence-corrected chi connectivity index (χ0v) is 8.88. The fourth-order valence-electron chi connectivity index (χ4n) is 0.819. The first-order valence-corrected chi connectivity index (χ1v) is 4.40. The van der Waals surface area contributed by atoms with Gasteiger partial charge < -0.3 is 4.74 Å². The third-order valence-electron chi connectivity index (χ3n) is 1.45. The number of carbonyl (C=O) groups excluding carboxylic acids is 1. The molecular formula is C8H9BrN2O2. The van der Waals surface area contributed by atoms with Crippen LogP contribution < -0.4 is 5.32 Å². The van der Waals surface area contributed by atoms with Crippen molar-refractivity contribution in [2.24, 2.45) is 0 Å². The van der Waals surface area contributed by atoms with Crippen molar-refractivity contribution >= 4 is 27.8 Å². The number of hydrogen-bond acceptors (Lipinski definition) is 3. The molecule has 0 aromatic carbocycles. The highest BCUT2D eigenvalue weighted by Crippen LogP contribution is 2.16. The Labute approximate surface area is 84.4 Å². The molecule has 1 heterocycles. The van der Waals surface area contributed by atoms with Crippen molar-refractivity contribution in [3.05, 3.63) is 22.3 Å². The van der Waals surface area contributed by atoms with E-state index in [0.717, 1.165) is 10.0 Å². The summed E-state index contributed by atoms with van der Waals surface area (Å²) in [6, 6.07) is 1.86. The average molecular weight is 245 g/mol. The molecule has 0 radical (unpaired) electrons. The van der Waals surface area contributed by atoms with Gasteiger partial charge in [-0.05, 0) is 34.5 Å².